The van der Waals surface area contributed by atoms with Gasteiger partial charge in [0.2, 0.25) is 0 Å². The first kappa shape index (κ1) is 10.1. The summed E-state index contributed by atoms with van der Waals surface area (Å²) in [6.07, 6.45) is 2.95. The maximum atomic E-state index is 8.61. The van der Waals surface area contributed by atoms with Crippen molar-refractivity contribution in [1.82, 2.24) is 9.97 Å². The van der Waals surface area contributed by atoms with Crippen LogP contribution >= 0.6 is 11.3 Å². The van der Waals surface area contributed by atoms with E-state index in [9.17, 15) is 0 Å². The molecule has 0 radical (unpaired) electrons. The molecule has 0 aliphatic rings. The zero-order valence-corrected chi connectivity index (χ0v) is 8.92. The molecule has 0 atom stereocenters. The van der Waals surface area contributed by atoms with Crippen molar-refractivity contribution >= 4 is 21.6 Å². The van der Waals surface area contributed by atoms with Crippen LogP contribution < -0.4 is 0 Å². The van der Waals surface area contributed by atoms with Gasteiger partial charge in [0.15, 0.2) is 0 Å². The molecular formula is C11H10N2OS. The lowest BCUT2D eigenvalue weighted by molar-refractivity contribution is 0.290. The number of hydrogen-bond donors (Lipinski definition) is 1. The monoisotopic (exact) mass is 218 g/mol. The Bertz CT molecular complexity index is 510. The molecular weight excluding hydrogens is 208 g/mol. The molecule has 0 fully saturated rings. The van der Waals surface area contributed by atoms with E-state index >= 15 is 0 Å². The quantitative estimate of drug-likeness (QED) is 0.617. The van der Waals surface area contributed by atoms with Crippen molar-refractivity contribution in [2.24, 2.45) is 0 Å². The van der Waals surface area contributed by atoms with Crippen LogP contribution in [0.1, 0.15) is 18.5 Å². The smallest absolute Gasteiger partial charge is 0.134 e. The largest absolute Gasteiger partial charge is 0.396 e. The Hall–Kier alpha value is -1.44. The van der Waals surface area contributed by atoms with Gasteiger partial charge in [0.25, 0.3) is 0 Å². The third kappa shape index (κ3) is 2.32. The van der Waals surface area contributed by atoms with Crippen LogP contribution in [0.2, 0.25) is 0 Å². The number of nitrogens with zero attached hydrogens (tertiary/aromatic N) is 2. The van der Waals surface area contributed by atoms with E-state index in [-0.39, 0.29) is 6.61 Å². The highest BCUT2D eigenvalue weighted by molar-refractivity contribution is 7.17. The Kier molecular flexibility index (Phi) is 3.28. The highest BCUT2D eigenvalue weighted by atomic mass is 32.1. The minimum Gasteiger partial charge on any atom is -0.396 e. The molecule has 3 nitrogen and oxygen atoms in total. The summed E-state index contributed by atoms with van der Waals surface area (Å²) >= 11 is 1.60. The van der Waals surface area contributed by atoms with Crippen molar-refractivity contribution in [3.63, 3.8) is 0 Å². The van der Waals surface area contributed by atoms with E-state index in [2.05, 4.69) is 21.8 Å². The summed E-state index contributed by atoms with van der Waals surface area (Å²) in [5.74, 6) is 6.00. The number of aliphatic hydroxyl groups excluding tert-OH is 1. The summed E-state index contributed by atoms with van der Waals surface area (Å²) < 4.78 is 1.04. The van der Waals surface area contributed by atoms with Crippen molar-refractivity contribution in [2.75, 3.05) is 6.61 Å². The highest BCUT2D eigenvalue weighted by Crippen LogP contribution is 2.20. The Balaban J connectivity index is 2.26. The summed E-state index contributed by atoms with van der Waals surface area (Å²) in [6.45, 7) is 0.187. The summed E-state index contributed by atoms with van der Waals surface area (Å²) in [6, 6.07) is 1.96. The first-order valence-electron chi connectivity index (χ1n) is 4.70. The first-order chi connectivity index (χ1) is 7.42. The molecule has 2 aromatic heterocycles. The zero-order valence-electron chi connectivity index (χ0n) is 8.10. The molecule has 0 aromatic carbocycles. The van der Waals surface area contributed by atoms with Gasteiger partial charge in [-0.3, -0.25) is 0 Å². The van der Waals surface area contributed by atoms with Gasteiger partial charge in [0, 0.05) is 13.0 Å². The van der Waals surface area contributed by atoms with Gasteiger partial charge < -0.3 is 5.11 Å². The Morgan fingerprint density at radius 2 is 2.33 bits per heavy atom. The van der Waals surface area contributed by atoms with Crippen molar-refractivity contribution in [2.45, 2.75) is 12.8 Å². The number of rotatable bonds is 2. The average molecular weight is 218 g/mol. The molecule has 0 saturated heterocycles. The van der Waals surface area contributed by atoms with Crippen LogP contribution in [0, 0.1) is 11.8 Å². The van der Waals surface area contributed by atoms with E-state index in [4.69, 9.17) is 5.11 Å². The van der Waals surface area contributed by atoms with Crippen molar-refractivity contribution < 1.29 is 5.11 Å². The van der Waals surface area contributed by atoms with Gasteiger partial charge in [-0.1, -0.05) is 5.92 Å². The third-order valence-electron chi connectivity index (χ3n) is 1.91. The molecule has 0 spiro atoms. The predicted molar refractivity (Wildman–Crippen MR) is 60.6 cm³/mol. The molecule has 2 rings (SSSR count). The van der Waals surface area contributed by atoms with Gasteiger partial charge in [-0.25, -0.2) is 9.97 Å². The molecule has 2 heterocycles. The average Bonchev–Trinajstić information content (AvgIpc) is 2.73. The van der Waals surface area contributed by atoms with Crippen LogP contribution in [0.4, 0.5) is 0 Å². The minimum atomic E-state index is 0.187. The molecule has 15 heavy (non-hydrogen) atoms. The van der Waals surface area contributed by atoms with Gasteiger partial charge in [-0.2, -0.15) is 0 Å². The molecule has 0 saturated carbocycles. The van der Waals surface area contributed by atoms with E-state index in [1.54, 1.807) is 11.3 Å². The molecule has 4 heteroatoms. The molecule has 0 bridgehead atoms. The molecule has 76 valence electrons. The summed E-state index contributed by atoms with van der Waals surface area (Å²) in [4.78, 5) is 8.28. The van der Waals surface area contributed by atoms with Crippen LogP contribution in [0.5, 0.6) is 0 Å². The standard InChI is InChI=1S/C11H10N2OS/c14-6-3-1-2-4-9-11-10(5-7-15-11)13-8-12-9/h5,7-8,14H,1,3,6H2. The number of fused-ring (bicyclic) bond motifs is 1. The van der Waals surface area contributed by atoms with Crippen molar-refractivity contribution in [3.8, 4) is 11.8 Å². The van der Waals surface area contributed by atoms with Gasteiger partial charge >= 0.3 is 0 Å². The van der Waals surface area contributed by atoms with Gasteiger partial charge in [-0.05, 0) is 23.8 Å². The third-order valence-corrected chi connectivity index (χ3v) is 2.82. The maximum absolute atomic E-state index is 8.61. The van der Waals surface area contributed by atoms with Crippen LogP contribution in [-0.2, 0) is 0 Å². The fourth-order valence-electron chi connectivity index (χ4n) is 1.19. The van der Waals surface area contributed by atoms with E-state index in [1.807, 2.05) is 11.4 Å². The van der Waals surface area contributed by atoms with E-state index in [0.29, 0.717) is 12.8 Å². The van der Waals surface area contributed by atoms with Crippen LogP contribution in [0.15, 0.2) is 17.8 Å². The van der Waals surface area contributed by atoms with Gasteiger partial charge in [0.05, 0.1) is 10.2 Å². The summed E-state index contributed by atoms with van der Waals surface area (Å²) in [7, 11) is 0. The topological polar surface area (TPSA) is 46.0 Å². The van der Waals surface area contributed by atoms with Crippen LogP contribution in [0.3, 0.4) is 0 Å². The minimum absolute atomic E-state index is 0.187. The number of hydrogen-bond acceptors (Lipinski definition) is 4. The van der Waals surface area contributed by atoms with Gasteiger partial charge in [0.1, 0.15) is 12.0 Å². The molecule has 0 aliphatic heterocycles. The number of aromatic nitrogens is 2. The van der Waals surface area contributed by atoms with Crippen LogP contribution in [0.25, 0.3) is 10.2 Å². The number of unbranched alkanes of at least 4 members (excludes halogenated alkanes) is 1. The van der Waals surface area contributed by atoms with Gasteiger partial charge in [-0.15, -0.1) is 11.3 Å². The molecule has 1 N–H and O–H groups in total. The Labute approximate surface area is 91.8 Å². The fourth-order valence-corrected chi connectivity index (χ4v) is 1.98. The second-order valence-corrected chi connectivity index (χ2v) is 3.90. The lowest BCUT2D eigenvalue weighted by atomic mass is 10.3. The number of aliphatic hydroxyl groups is 1. The Morgan fingerprint density at radius 1 is 1.40 bits per heavy atom. The van der Waals surface area contributed by atoms with E-state index in [0.717, 1.165) is 15.9 Å². The Morgan fingerprint density at radius 3 is 3.20 bits per heavy atom. The zero-order chi connectivity index (χ0) is 10.5. The second-order valence-electron chi connectivity index (χ2n) is 2.99. The molecule has 0 amide bonds. The highest BCUT2D eigenvalue weighted by Gasteiger charge is 2.00. The normalized spacial score (nSPS) is 9.93. The number of thiophene rings is 1. The molecule has 0 unspecified atom stereocenters. The lowest BCUT2D eigenvalue weighted by Crippen LogP contribution is -1.85. The van der Waals surface area contributed by atoms with E-state index < -0.39 is 0 Å². The molecule has 0 aliphatic carbocycles. The van der Waals surface area contributed by atoms with E-state index in [1.165, 1.54) is 6.33 Å². The van der Waals surface area contributed by atoms with Crippen LogP contribution in [-0.4, -0.2) is 21.7 Å². The first-order valence-corrected chi connectivity index (χ1v) is 5.57. The second kappa shape index (κ2) is 4.87. The lowest BCUT2D eigenvalue weighted by Gasteiger charge is -1.91. The summed E-state index contributed by atoms with van der Waals surface area (Å²) in [5.41, 5.74) is 1.73. The molecule has 2 aromatic rings. The SMILES string of the molecule is OCCCC#Cc1ncnc2ccsc12. The maximum Gasteiger partial charge on any atom is 0.134 e. The predicted octanol–water partition coefficient (Wildman–Crippen LogP) is 1.82. The van der Waals surface area contributed by atoms with Crippen molar-refractivity contribution in [3.05, 3.63) is 23.5 Å². The summed E-state index contributed by atoms with van der Waals surface area (Å²) in [5, 5.41) is 10.6. The van der Waals surface area contributed by atoms with Crippen molar-refractivity contribution in [1.29, 1.82) is 0 Å². The fraction of sp³-hybridized carbons (Fsp3) is 0.273.